The van der Waals surface area contributed by atoms with Crippen LogP contribution >= 0.6 is 11.6 Å². The fourth-order valence-electron chi connectivity index (χ4n) is 1.96. The highest BCUT2D eigenvalue weighted by molar-refractivity contribution is 6.30. The van der Waals surface area contributed by atoms with Crippen LogP contribution in [0, 0.1) is 0 Å². The van der Waals surface area contributed by atoms with Gasteiger partial charge in [0.15, 0.2) is 5.82 Å². The Labute approximate surface area is 126 Å². The summed E-state index contributed by atoms with van der Waals surface area (Å²) in [6.07, 6.45) is 0.525. The highest BCUT2D eigenvalue weighted by Gasteiger charge is 2.11. The zero-order valence-corrected chi connectivity index (χ0v) is 11.7. The second-order valence-electron chi connectivity index (χ2n) is 4.60. The molecule has 0 saturated heterocycles. The molecule has 3 rings (SSSR count). The Morgan fingerprint density at radius 1 is 1.19 bits per heavy atom. The first-order valence-corrected chi connectivity index (χ1v) is 6.65. The average molecular weight is 302 g/mol. The molecule has 0 amide bonds. The molecule has 106 valence electrons. The maximum atomic E-state index is 9.41. The minimum atomic E-state index is 0.0254. The van der Waals surface area contributed by atoms with Gasteiger partial charge in [0.1, 0.15) is 5.75 Å². The van der Waals surface area contributed by atoms with Gasteiger partial charge in [0.05, 0.1) is 5.69 Å². The number of hydrogen-bond acceptors (Lipinski definition) is 5. The van der Waals surface area contributed by atoms with Crippen molar-refractivity contribution < 1.29 is 9.63 Å². The maximum Gasteiger partial charge on any atom is 0.258 e. The number of aromatic nitrogens is 2. The van der Waals surface area contributed by atoms with E-state index in [-0.39, 0.29) is 11.4 Å². The minimum absolute atomic E-state index is 0.0254. The van der Waals surface area contributed by atoms with Crippen LogP contribution in [-0.2, 0) is 6.42 Å². The summed E-state index contributed by atoms with van der Waals surface area (Å²) in [5.41, 5.74) is 7.58. The van der Waals surface area contributed by atoms with Crippen LogP contribution in [0.1, 0.15) is 11.4 Å². The summed E-state index contributed by atoms with van der Waals surface area (Å²) in [6, 6.07) is 12.2. The average Bonchev–Trinajstić information content (AvgIpc) is 2.90. The third kappa shape index (κ3) is 2.98. The number of benzene rings is 2. The number of phenolic OH excluding ortho intramolecular Hbond substituents is 1. The van der Waals surface area contributed by atoms with E-state index in [1.165, 1.54) is 6.07 Å². The van der Waals surface area contributed by atoms with Crippen molar-refractivity contribution in [1.29, 1.82) is 0 Å². The molecule has 0 bridgehead atoms. The normalized spacial score (nSPS) is 10.7. The van der Waals surface area contributed by atoms with Crippen molar-refractivity contribution in [3.8, 4) is 17.2 Å². The number of aromatic hydroxyl groups is 1. The van der Waals surface area contributed by atoms with Crippen molar-refractivity contribution in [2.24, 2.45) is 0 Å². The summed E-state index contributed by atoms with van der Waals surface area (Å²) in [5, 5.41) is 14.0. The molecule has 0 atom stereocenters. The smallest absolute Gasteiger partial charge is 0.258 e. The van der Waals surface area contributed by atoms with E-state index in [9.17, 15) is 5.11 Å². The molecular weight excluding hydrogens is 290 g/mol. The maximum absolute atomic E-state index is 9.41. The van der Waals surface area contributed by atoms with Crippen LogP contribution in [0.15, 0.2) is 47.0 Å². The van der Waals surface area contributed by atoms with Crippen LogP contribution in [0.25, 0.3) is 11.5 Å². The molecule has 0 spiro atoms. The van der Waals surface area contributed by atoms with Crippen LogP contribution in [0.2, 0.25) is 5.02 Å². The molecule has 3 N–H and O–H groups in total. The fourth-order valence-corrected chi connectivity index (χ4v) is 2.17. The van der Waals surface area contributed by atoms with E-state index in [0.29, 0.717) is 28.7 Å². The van der Waals surface area contributed by atoms with Crippen LogP contribution in [-0.4, -0.2) is 15.2 Å². The van der Waals surface area contributed by atoms with Gasteiger partial charge in [-0.2, -0.15) is 4.98 Å². The van der Waals surface area contributed by atoms with Crippen LogP contribution < -0.4 is 5.73 Å². The summed E-state index contributed by atoms with van der Waals surface area (Å²) >= 11 is 5.94. The highest BCUT2D eigenvalue weighted by Crippen LogP contribution is 2.26. The Hall–Kier alpha value is -2.53. The lowest BCUT2D eigenvalue weighted by atomic mass is 10.1. The first kappa shape index (κ1) is 13.5. The Morgan fingerprint density at radius 2 is 2.05 bits per heavy atom. The summed E-state index contributed by atoms with van der Waals surface area (Å²) in [6.45, 7) is 0. The van der Waals surface area contributed by atoms with Gasteiger partial charge >= 0.3 is 0 Å². The molecule has 0 unspecified atom stereocenters. The van der Waals surface area contributed by atoms with E-state index in [2.05, 4.69) is 10.1 Å². The number of halogens is 1. The molecule has 0 fully saturated rings. The molecule has 0 saturated carbocycles. The summed E-state index contributed by atoms with van der Waals surface area (Å²) in [5.74, 6) is 0.940. The van der Waals surface area contributed by atoms with Crippen molar-refractivity contribution in [3.05, 3.63) is 58.9 Å². The Morgan fingerprint density at radius 3 is 2.81 bits per heavy atom. The zero-order chi connectivity index (χ0) is 14.8. The predicted molar refractivity (Wildman–Crippen MR) is 80.1 cm³/mol. The number of nitrogens with zero attached hydrogens (tertiary/aromatic N) is 2. The highest BCUT2D eigenvalue weighted by atomic mass is 35.5. The van der Waals surface area contributed by atoms with Gasteiger partial charge < -0.3 is 15.4 Å². The third-order valence-electron chi connectivity index (χ3n) is 2.99. The van der Waals surface area contributed by atoms with Crippen LogP contribution in [0.5, 0.6) is 5.75 Å². The Bertz CT molecular complexity index is 786. The number of phenols is 1. The Kier molecular flexibility index (Phi) is 3.50. The summed E-state index contributed by atoms with van der Waals surface area (Å²) in [4.78, 5) is 4.32. The standard InChI is InChI=1S/C15H12ClN3O2/c16-11-3-1-2-9(6-11)7-14-18-15(21-19-14)10-4-5-13(20)12(17)8-10/h1-6,8,20H,7,17H2. The molecule has 1 aromatic heterocycles. The first-order chi connectivity index (χ1) is 10.1. The van der Waals surface area contributed by atoms with E-state index >= 15 is 0 Å². The monoisotopic (exact) mass is 301 g/mol. The van der Waals surface area contributed by atoms with Gasteiger partial charge in [-0.15, -0.1) is 0 Å². The third-order valence-corrected chi connectivity index (χ3v) is 3.23. The quantitative estimate of drug-likeness (QED) is 0.573. The summed E-state index contributed by atoms with van der Waals surface area (Å²) in [7, 11) is 0. The Balaban J connectivity index is 1.84. The first-order valence-electron chi connectivity index (χ1n) is 6.28. The molecule has 0 aliphatic heterocycles. The summed E-state index contributed by atoms with van der Waals surface area (Å²) < 4.78 is 5.22. The topological polar surface area (TPSA) is 85.2 Å². The van der Waals surface area contributed by atoms with Crippen molar-refractivity contribution in [2.75, 3.05) is 5.73 Å². The largest absolute Gasteiger partial charge is 0.506 e. The molecule has 21 heavy (non-hydrogen) atoms. The lowest BCUT2D eigenvalue weighted by Crippen LogP contribution is -1.91. The van der Waals surface area contributed by atoms with Gasteiger partial charge in [0.25, 0.3) is 5.89 Å². The molecule has 0 aliphatic rings. The molecule has 0 radical (unpaired) electrons. The van der Waals surface area contributed by atoms with E-state index < -0.39 is 0 Å². The van der Waals surface area contributed by atoms with E-state index in [1.807, 2.05) is 24.3 Å². The number of rotatable bonds is 3. The lowest BCUT2D eigenvalue weighted by Gasteiger charge is -1.99. The van der Waals surface area contributed by atoms with E-state index in [4.69, 9.17) is 21.9 Å². The van der Waals surface area contributed by atoms with Crippen molar-refractivity contribution in [2.45, 2.75) is 6.42 Å². The van der Waals surface area contributed by atoms with Crippen LogP contribution in [0.3, 0.4) is 0 Å². The predicted octanol–water partition coefficient (Wildman–Crippen LogP) is 3.27. The number of nitrogens with two attached hydrogens (primary N) is 1. The fraction of sp³-hybridized carbons (Fsp3) is 0.0667. The van der Waals surface area contributed by atoms with Crippen molar-refractivity contribution >= 4 is 17.3 Å². The molecular formula is C15H12ClN3O2. The minimum Gasteiger partial charge on any atom is -0.506 e. The number of hydrogen-bond donors (Lipinski definition) is 2. The van der Waals surface area contributed by atoms with Gasteiger partial charge in [0.2, 0.25) is 0 Å². The van der Waals surface area contributed by atoms with Gasteiger partial charge in [-0.1, -0.05) is 28.9 Å². The molecule has 2 aromatic carbocycles. The molecule has 1 heterocycles. The molecule has 0 aliphatic carbocycles. The second-order valence-corrected chi connectivity index (χ2v) is 5.03. The van der Waals surface area contributed by atoms with E-state index in [1.54, 1.807) is 12.1 Å². The molecule has 6 heteroatoms. The lowest BCUT2D eigenvalue weighted by molar-refractivity contribution is 0.424. The zero-order valence-electron chi connectivity index (χ0n) is 11.0. The van der Waals surface area contributed by atoms with Gasteiger partial charge in [-0.25, -0.2) is 0 Å². The second kappa shape index (κ2) is 5.46. The van der Waals surface area contributed by atoms with E-state index in [0.717, 1.165) is 5.56 Å². The van der Waals surface area contributed by atoms with Crippen molar-refractivity contribution in [1.82, 2.24) is 10.1 Å². The number of anilines is 1. The van der Waals surface area contributed by atoms with Crippen LogP contribution in [0.4, 0.5) is 5.69 Å². The van der Waals surface area contributed by atoms with Crippen molar-refractivity contribution in [3.63, 3.8) is 0 Å². The molecule has 5 nitrogen and oxygen atoms in total. The SMILES string of the molecule is Nc1cc(-c2nc(Cc3cccc(Cl)c3)no2)ccc1O. The molecule has 3 aromatic rings. The van der Waals surface area contributed by atoms with Gasteiger partial charge in [-0.05, 0) is 35.9 Å². The van der Waals surface area contributed by atoms with Gasteiger partial charge in [0, 0.05) is 17.0 Å². The van der Waals surface area contributed by atoms with Gasteiger partial charge in [-0.3, -0.25) is 0 Å². The number of nitrogen functional groups attached to an aromatic ring is 1.